The lowest BCUT2D eigenvalue weighted by Crippen LogP contribution is -2.30. The van der Waals surface area contributed by atoms with Crippen molar-refractivity contribution in [2.75, 3.05) is 6.54 Å². The van der Waals surface area contributed by atoms with Crippen LogP contribution in [-0.4, -0.2) is 36.9 Å². The highest BCUT2D eigenvalue weighted by atomic mass is 19.1. The van der Waals surface area contributed by atoms with Crippen LogP contribution in [0.4, 0.5) is 4.39 Å². The molecule has 0 saturated carbocycles. The fraction of sp³-hybridized carbons (Fsp3) is 0.278. The SMILES string of the molecule is Cn1cc([C@H]2CCCN2C(=O)c2ccc(-n3cccn3)c(F)c2)cn1. The van der Waals surface area contributed by atoms with Gasteiger partial charge in [-0.3, -0.25) is 9.48 Å². The Kier molecular flexibility index (Phi) is 3.83. The van der Waals surface area contributed by atoms with Crippen molar-refractivity contribution in [3.63, 3.8) is 0 Å². The Morgan fingerprint density at radius 1 is 1.32 bits per heavy atom. The Balaban J connectivity index is 1.61. The fourth-order valence-corrected chi connectivity index (χ4v) is 3.37. The molecule has 0 spiro atoms. The topological polar surface area (TPSA) is 56.0 Å². The molecule has 4 rings (SSSR count). The van der Waals surface area contributed by atoms with E-state index in [0.29, 0.717) is 17.8 Å². The Labute approximate surface area is 144 Å². The van der Waals surface area contributed by atoms with Crippen LogP contribution in [0.5, 0.6) is 0 Å². The van der Waals surface area contributed by atoms with Crippen molar-refractivity contribution in [3.8, 4) is 5.69 Å². The minimum atomic E-state index is -0.466. The summed E-state index contributed by atoms with van der Waals surface area (Å²) < 4.78 is 17.6. The number of benzene rings is 1. The van der Waals surface area contributed by atoms with Crippen LogP contribution in [0.25, 0.3) is 5.69 Å². The highest BCUT2D eigenvalue weighted by Gasteiger charge is 2.31. The van der Waals surface area contributed by atoms with E-state index in [1.54, 1.807) is 46.4 Å². The zero-order valence-corrected chi connectivity index (χ0v) is 13.8. The lowest BCUT2D eigenvalue weighted by atomic mass is 10.1. The minimum absolute atomic E-state index is 0.00458. The first-order valence-electron chi connectivity index (χ1n) is 8.22. The molecule has 3 heterocycles. The molecule has 1 aromatic carbocycles. The highest BCUT2D eigenvalue weighted by Crippen LogP contribution is 2.33. The molecule has 0 bridgehead atoms. The van der Waals surface area contributed by atoms with E-state index in [1.807, 2.05) is 13.2 Å². The smallest absolute Gasteiger partial charge is 0.254 e. The van der Waals surface area contributed by atoms with E-state index >= 15 is 0 Å². The van der Waals surface area contributed by atoms with Gasteiger partial charge in [0, 0.05) is 43.3 Å². The Bertz CT molecular complexity index is 902. The molecule has 25 heavy (non-hydrogen) atoms. The predicted octanol–water partition coefficient (Wildman–Crippen LogP) is 2.72. The van der Waals surface area contributed by atoms with E-state index in [-0.39, 0.29) is 11.9 Å². The molecule has 0 aliphatic carbocycles. The molecule has 0 N–H and O–H groups in total. The van der Waals surface area contributed by atoms with Gasteiger partial charge in [0.15, 0.2) is 0 Å². The number of carbonyl (C=O) groups excluding carboxylic acids is 1. The van der Waals surface area contributed by atoms with Crippen molar-refractivity contribution in [1.82, 2.24) is 24.5 Å². The molecular weight excluding hydrogens is 321 g/mol. The van der Waals surface area contributed by atoms with Gasteiger partial charge in [-0.05, 0) is 37.1 Å². The Hall–Kier alpha value is -2.96. The summed E-state index contributed by atoms with van der Waals surface area (Å²) in [6.07, 6.45) is 8.79. The second-order valence-electron chi connectivity index (χ2n) is 6.22. The van der Waals surface area contributed by atoms with Gasteiger partial charge in [-0.2, -0.15) is 10.2 Å². The van der Waals surface area contributed by atoms with E-state index in [0.717, 1.165) is 18.4 Å². The van der Waals surface area contributed by atoms with E-state index in [4.69, 9.17) is 0 Å². The maximum atomic E-state index is 14.4. The molecule has 1 aliphatic rings. The maximum absolute atomic E-state index is 14.4. The first kappa shape index (κ1) is 15.6. The molecule has 1 saturated heterocycles. The van der Waals surface area contributed by atoms with Crippen molar-refractivity contribution < 1.29 is 9.18 Å². The largest absolute Gasteiger partial charge is 0.331 e. The number of likely N-dealkylation sites (tertiary alicyclic amines) is 1. The van der Waals surface area contributed by atoms with Crippen molar-refractivity contribution in [2.24, 2.45) is 7.05 Å². The summed E-state index contributed by atoms with van der Waals surface area (Å²) in [6, 6.07) is 6.25. The fourth-order valence-electron chi connectivity index (χ4n) is 3.37. The summed E-state index contributed by atoms with van der Waals surface area (Å²) in [5.41, 5.74) is 1.69. The zero-order chi connectivity index (χ0) is 17.4. The molecule has 1 fully saturated rings. The molecule has 2 aromatic heterocycles. The van der Waals surface area contributed by atoms with Gasteiger partial charge < -0.3 is 4.90 Å². The molecule has 3 aromatic rings. The monoisotopic (exact) mass is 339 g/mol. The van der Waals surface area contributed by atoms with Gasteiger partial charge in [-0.1, -0.05) is 0 Å². The van der Waals surface area contributed by atoms with Crippen LogP contribution in [-0.2, 0) is 7.05 Å². The maximum Gasteiger partial charge on any atom is 0.254 e. The second kappa shape index (κ2) is 6.16. The number of aromatic nitrogens is 4. The van der Waals surface area contributed by atoms with Crippen LogP contribution in [0.15, 0.2) is 49.1 Å². The lowest BCUT2D eigenvalue weighted by molar-refractivity contribution is 0.0735. The third-order valence-corrected chi connectivity index (χ3v) is 4.57. The molecule has 6 nitrogen and oxygen atoms in total. The molecule has 128 valence electrons. The third kappa shape index (κ3) is 2.82. The number of hydrogen-bond donors (Lipinski definition) is 0. The number of rotatable bonds is 3. The van der Waals surface area contributed by atoms with Crippen LogP contribution in [0.2, 0.25) is 0 Å². The summed E-state index contributed by atoms with van der Waals surface area (Å²) in [4.78, 5) is 14.7. The number of hydrogen-bond acceptors (Lipinski definition) is 3. The number of halogens is 1. The first-order valence-corrected chi connectivity index (χ1v) is 8.22. The molecule has 1 amide bonds. The summed E-state index contributed by atoms with van der Waals surface area (Å²) in [7, 11) is 1.86. The number of carbonyl (C=O) groups is 1. The number of amides is 1. The van der Waals surface area contributed by atoms with E-state index in [9.17, 15) is 9.18 Å². The average Bonchev–Trinajstić information content (AvgIpc) is 3.35. The summed E-state index contributed by atoms with van der Waals surface area (Å²) in [5.74, 6) is -0.621. The third-order valence-electron chi connectivity index (χ3n) is 4.57. The average molecular weight is 339 g/mol. The predicted molar refractivity (Wildman–Crippen MR) is 89.7 cm³/mol. The summed E-state index contributed by atoms with van der Waals surface area (Å²) in [6.45, 7) is 0.668. The Morgan fingerprint density at radius 3 is 2.88 bits per heavy atom. The lowest BCUT2D eigenvalue weighted by Gasteiger charge is -2.24. The van der Waals surface area contributed by atoms with Crippen molar-refractivity contribution in [2.45, 2.75) is 18.9 Å². The summed E-state index contributed by atoms with van der Waals surface area (Å²) >= 11 is 0. The van der Waals surface area contributed by atoms with Crippen LogP contribution >= 0.6 is 0 Å². The molecule has 7 heteroatoms. The van der Waals surface area contributed by atoms with E-state index < -0.39 is 5.82 Å². The number of nitrogens with zero attached hydrogens (tertiary/aromatic N) is 5. The van der Waals surface area contributed by atoms with Gasteiger partial charge >= 0.3 is 0 Å². The molecular formula is C18H18FN5O. The standard InChI is InChI=1S/C18H18FN5O/c1-22-12-14(11-21-22)16-4-2-8-23(16)18(25)13-5-6-17(15(19)10-13)24-9-3-7-20-24/h3,5-7,9-12,16H,2,4,8H2,1H3/t16-/m1/s1. The number of aryl methyl sites for hydroxylation is 1. The van der Waals surface area contributed by atoms with Crippen LogP contribution in [0.3, 0.4) is 0 Å². The second-order valence-corrected chi connectivity index (χ2v) is 6.22. The van der Waals surface area contributed by atoms with Crippen molar-refractivity contribution in [3.05, 3.63) is 66.0 Å². The highest BCUT2D eigenvalue weighted by molar-refractivity contribution is 5.95. The van der Waals surface area contributed by atoms with Gasteiger partial charge in [0.1, 0.15) is 11.5 Å². The Morgan fingerprint density at radius 2 is 2.20 bits per heavy atom. The van der Waals surface area contributed by atoms with Gasteiger partial charge in [-0.15, -0.1) is 0 Å². The molecule has 0 unspecified atom stereocenters. The normalized spacial score (nSPS) is 17.2. The molecule has 0 radical (unpaired) electrons. The van der Waals surface area contributed by atoms with Gasteiger partial charge in [-0.25, -0.2) is 9.07 Å². The van der Waals surface area contributed by atoms with E-state index in [2.05, 4.69) is 10.2 Å². The van der Waals surface area contributed by atoms with Crippen LogP contribution < -0.4 is 0 Å². The molecule has 1 atom stereocenters. The molecule has 1 aliphatic heterocycles. The van der Waals surface area contributed by atoms with Gasteiger partial charge in [0.2, 0.25) is 0 Å². The summed E-state index contributed by atoms with van der Waals surface area (Å²) in [5, 5.41) is 8.22. The zero-order valence-electron chi connectivity index (χ0n) is 13.8. The van der Waals surface area contributed by atoms with Crippen molar-refractivity contribution in [1.29, 1.82) is 0 Å². The van der Waals surface area contributed by atoms with E-state index in [1.165, 1.54) is 10.7 Å². The van der Waals surface area contributed by atoms with Gasteiger partial charge in [0.25, 0.3) is 5.91 Å². The first-order chi connectivity index (χ1) is 12.1. The van der Waals surface area contributed by atoms with Crippen LogP contribution in [0, 0.1) is 5.82 Å². The van der Waals surface area contributed by atoms with Crippen molar-refractivity contribution >= 4 is 5.91 Å². The van der Waals surface area contributed by atoms with Gasteiger partial charge in [0.05, 0.1) is 12.2 Å². The minimum Gasteiger partial charge on any atom is -0.331 e. The van der Waals surface area contributed by atoms with Crippen LogP contribution in [0.1, 0.15) is 34.8 Å². The quantitative estimate of drug-likeness (QED) is 0.737.